The van der Waals surface area contributed by atoms with Crippen LogP contribution >= 0.6 is 0 Å². The van der Waals surface area contributed by atoms with Gasteiger partial charge in [-0.05, 0) is 12.1 Å². The zero-order valence-corrected chi connectivity index (χ0v) is 9.34. The Kier molecular flexibility index (Phi) is 5.39. The van der Waals surface area contributed by atoms with Crippen LogP contribution in [0.25, 0.3) is 0 Å². The van der Waals surface area contributed by atoms with Gasteiger partial charge in [-0.3, -0.25) is 10.1 Å². The van der Waals surface area contributed by atoms with Crippen molar-refractivity contribution in [1.82, 2.24) is 10.6 Å². The number of rotatable bonds is 6. The van der Waals surface area contributed by atoms with Gasteiger partial charge in [0, 0.05) is 0 Å². The molecule has 0 aromatic carbocycles. The summed E-state index contributed by atoms with van der Waals surface area (Å²) < 4.78 is 9.46. The van der Waals surface area contributed by atoms with Gasteiger partial charge in [0.05, 0.1) is 12.8 Å². The van der Waals surface area contributed by atoms with E-state index in [0.29, 0.717) is 5.76 Å². The lowest BCUT2D eigenvalue weighted by atomic mass is 10.4. The van der Waals surface area contributed by atoms with Crippen LogP contribution < -0.4 is 10.6 Å². The van der Waals surface area contributed by atoms with E-state index in [1.807, 2.05) is 5.32 Å². The van der Waals surface area contributed by atoms with Crippen molar-refractivity contribution in [1.29, 1.82) is 0 Å². The number of hydrogen-bond acceptors (Lipinski definition) is 5. The molecule has 1 aromatic rings. The zero-order valence-electron chi connectivity index (χ0n) is 9.34. The highest BCUT2D eigenvalue weighted by atomic mass is 16.5. The Labute approximate surface area is 102 Å². The van der Waals surface area contributed by atoms with E-state index in [9.17, 15) is 14.4 Å². The standard InChI is InChI=1S/C10H12N2O6/c13-8(5-17-6-9(14)15)12-10(16)11-4-7-2-1-3-18-7/h1-3H,4-6H2,(H,14,15)(H2,11,12,13,16). The lowest BCUT2D eigenvalue weighted by molar-refractivity contribution is -0.143. The van der Waals surface area contributed by atoms with Crippen molar-refractivity contribution >= 4 is 17.9 Å². The summed E-state index contributed by atoms with van der Waals surface area (Å²) in [4.78, 5) is 32.4. The number of hydrogen-bond donors (Lipinski definition) is 3. The molecule has 3 N–H and O–H groups in total. The Balaban J connectivity index is 2.15. The Morgan fingerprint density at radius 3 is 2.72 bits per heavy atom. The van der Waals surface area contributed by atoms with E-state index < -0.39 is 31.1 Å². The van der Waals surface area contributed by atoms with Crippen molar-refractivity contribution < 1.29 is 28.6 Å². The van der Waals surface area contributed by atoms with E-state index in [1.165, 1.54) is 6.26 Å². The molecule has 0 aliphatic heterocycles. The summed E-state index contributed by atoms with van der Waals surface area (Å²) >= 11 is 0. The van der Waals surface area contributed by atoms with Crippen LogP contribution in [0.1, 0.15) is 5.76 Å². The number of amides is 3. The largest absolute Gasteiger partial charge is 0.480 e. The molecule has 1 aromatic heterocycles. The first-order chi connectivity index (χ1) is 8.58. The monoisotopic (exact) mass is 256 g/mol. The first kappa shape index (κ1) is 13.7. The normalized spacial score (nSPS) is 9.78. The number of carbonyl (C=O) groups is 3. The van der Waals surface area contributed by atoms with E-state index in [0.717, 1.165) is 0 Å². The summed E-state index contributed by atoms with van der Waals surface area (Å²) in [5.74, 6) is -1.38. The van der Waals surface area contributed by atoms with Crippen LogP contribution in [0.2, 0.25) is 0 Å². The number of aliphatic carboxylic acids is 1. The molecule has 1 rings (SSSR count). The van der Waals surface area contributed by atoms with Crippen molar-refractivity contribution in [3.05, 3.63) is 24.2 Å². The average molecular weight is 256 g/mol. The van der Waals surface area contributed by atoms with Crippen LogP contribution in [0.5, 0.6) is 0 Å². The Hall–Kier alpha value is -2.35. The second-order valence-corrected chi connectivity index (χ2v) is 3.20. The molecule has 0 unspecified atom stereocenters. The quantitative estimate of drug-likeness (QED) is 0.643. The topological polar surface area (TPSA) is 118 Å². The molecule has 0 bridgehead atoms. The fourth-order valence-corrected chi connectivity index (χ4v) is 1.02. The second-order valence-electron chi connectivity index (χ2n) is 3.20. The summed E-state index contributed by atoms with van der Waals surface area (Å²) in [7, 11) is 0. The minimum atomic E-state index is -1.19. The number of carbonyl (C=O) groups excluding carboxylic acids is 2. The van der Waals surface area contributed by atoms with Gasteiger partial charge in [0.2, 0.25) is 0 Å². The summed E-state index contributed by atoms with van der Waals surface area (Å²) in [6, 6.07) is 2.62. The molecule has 0 aliphatic rings. The minimum absolute atomic E-state index is 0.141. The Bertz CT molecular complexity index is 414. The van der Waals surface area contributed by atoms with Gasteiger partial charge in [-0.2, -0.15) is 0 Å². The van der Waals surface area contributed by atoms with Gasteiger partial charge in [0.25, 0.3) is 5.91 Å². The molecule has 0 saturated heterocycles. The molecule has 0 atom stereocenters. The van der Waals surface area contributed by atoms with Crippen molar-refractivity contribution in [2.24, 2.45) is 0 Å². The second kappa shape index (κ2) is 7.07. The van der Waals surface area contributed by atoms with Gasteiger partial charge < -0.3 is 19.6 Å². The third-order valence-electron chi connectivity index (χ3n) is 1.71. The molecular weight excluding hydrogens is 244 g/mol. The molecule has 0 saturated carbocycles. The molecule has 0 fully saturated rings. The zero-order chi connectivity index (χ0) is 13.4. The van der Waals surface area contributed by atoms with Crippen LogP contribution in [0.15, 0.2) is 22.8 Å². The molecule has 0 radical (unpaired) electrons. The first-order valence-corrected chi connectivity index (χ1v) is 4.97. The van der Waals surface area contributed by atoms with Crippen molar-refractivity contribution in [3.63, 3.8) is 0 Å². The van der Waals surface area contributed by atoms with Crippen LogP contribution in [-0.2, 0) is 20.9 Å². The number of ether oxygens (including phenoxy) is 1. The smallest absolute Gasteiger partial charge is 0.329 e. The number of urea groups is 1. The van der Waals surface area contributed by atoms with Crippen LogP contribution in [0.3, 0.4) is 0 Å². The highest BCUT2D eigenvalue weighted by Crippen LogP contribution is 1.97. The van der Waals surface area contributed by atoms with Crippen molar-refractivity contribution in [2.75, 3.05) is 13.2 Å². The van der Waals surface area contributed by atoms with Gasteiger partial charge in [0.1, 0.15) is 19.0 Å². The number of carboxylic acid groups (broad SMARTS) is 1. The number of carboxylic acids is 1. The highest BCUT2D eigenvalue weighted by Gasteiger charge is 2.08. The Morgan fingerprint density at radius 1 is 1.33 bits per heavy atom. The van der Waals surface area contributed by atoms with Crippen molar-refractivity contribution in [3.8, 4) is 0 Å². The van der Waals surface area contributed by atoms with Crippen LogP contribution in [0, 0.1) is 0 Å². The van der Waals surface area contributed by atoms with E-state index in [-0.39, 0.29) is 6.54 Å². The maximum absolute atomic E-state index is 11.2. The number of furan rings is 1. The number of imide groups is 1. The molecule has 98 valence electrons. The van der Waals surface area contributed by atoms with Gasteiger partial charge in [-0.15, -0.1) is 0 Å². The van der Waals surface area contributed by atoms with E-state index in [2.05, 4.69) is 10.1 Å². The lowest BCUT2D eigenvalue weighted by Gasteiger charge is -2.05. The molecule has 3 amide bonds. The fourth-order valence-electron chi connectivity index (χ4n) is 1.02. The average Bonchev–Trinajstić information content (AvgIpc) is 2.78. The minimum Gasteiger partial charge on any atom is -0.480 e. The van der Waals surface area contributed by atoms with Crippen LogP contribution in [-0.4, -0.2) is 36.2 Å². The maximum atomic E-state index is 11.2. The molecular formula is C10H12N2O6. The number of nitrogens with one attached hydrogen (secondary N) is 2. The van der Waals surface area contributed by atoms with E-state index in [1.54, 1.807) is 12.1 Å². The highest BCUT2D eigenvalue weighted by molar-refractivity contribution is 5.94. The third kappa shape index (κ3) is 5.66. The molecule has 1 heterocycles. The summed E-state index contributed by atoms with van der Waals surface area (Å²) in [5, 5.41) is 12.6. The molecule has 0 spiro atoms. The predicted molar refractivity (Wildman–Crippen MR) is 57.5 cm³/mol. The molecule has 18 heavy (non-hydrogen) atoms. The summed E-state index contributed by atoms with van der Waals surface area (Å²) in [5.41, 5.74) is 0. The first-order valence-electron chi connectivity index (χ1n) is 4.97. The SMILES string of the molecule is O=C(O)COCC(=O)NC(=O)NCc1ccco1. The maximum Gasteiger partial charge on any atom is 0.329 e. The van der Waals surface area contributed by atoms with E-state index >= 15 is 0 Å². The molecule has 8 heteroatoms. The van der Waals surface area contributed by atoms with Crippen LogP contribution in [0.4, 0.5) is 4.79 Å². The molecule has 8 nitrogen and oxygen atoms in total. The van der Waals surface area contributed by atoms with Gasteiger partial charge in [-0.25, -0.2) is 9.59 Å². The molecule has 0 aliphatic carbocycles. The van der Waals surface area contributed by atoms with Crippen molar-refractivity contribution in [2.45, 2.75) is 6.54 Å². The Morgan fingerprint density at radius 2 is 2.11 bits per heavy atom. The van der Waals surface area contributed by atoms with E-state index in [4.69, 9.17) is 9.52 Å². The summed E-state index contributed by atoms with van der Waals surface area (Å²) in [6.45, 7) is -0.954. The van der Waals surface area contributed by atoms with Gasteiger partial charge >= 0.3 is 12.0 Å². The lowest BCUT2D eigenvalue weighted by Crippen LogP contribution is -2.41. The fraction of sp³-hybridized carbons (Fsp3) is 0.300. The van der Waals surface area contributed by atoms with Gasteiger partial charge in [-0.1, -0.05) is 0 Å². The van der Waals surface area contributed by atoms with Gasteiger partial charge in [0.15, 0.2) is 0 Å². The predicted octanol–water partition coefficient (Wildman–Crippen LogP) is -0.293. The third-order valence-corrected chi connectivity index (χ3v) is 1.71. The summed E-state index contributed by atoms with van der Waals surface area (Å²) in [6.07, 6.45) is 1.46.